The molecule has 0 aliphatic carbocycles. The zero-order valence-electron chi connectivity index (χ0n) is 15.1. The van der Waals surface area contributed by atoms with Gasteiger partial charge in [-0.25, -0.2) is 4.21 Å². The van der Waals surface area contributed by atoms with Crippen LogP contribution in [0, 0.1) is 6.92 Å². The van der Waals surface area contributed by atoms with Crippen LogP contribution in [0.25, 0.3) is 0 Å². The molecule has 0 N–H and O–H groups in total. The van der Waals surface area contributed by atoms with Gasteiger partial charge < -0.3 is 9.64 Å². The lowest BCUT2D eigenvalue weighted by atomic mass is 10.0. The van der Waals surface area contributed by atoms with Gasteiger partial charge in [0.15, 0.2) is 0 Å². The largest absolute Gasteiger partial charge is 0.495 e. The van der Waals surface area contributed by atoms with E-state index in [2.05, 4.69) is 0 Å². The lowest BCUT2D eigenvalue weighted by Crippen LogP contribution is -2.21. The molecule has 1 aliphatic rings. The van der Waals surface area contributed by atoms with Crippen LogP contribution < -0.4 is 9.64 Å². The molecule has 0 radical (unpaired) electrons. The van der Waals surface area contributed by atoms with Gasteiger partial charge >= 0.3 is 6.18 Å². The minimum atomic E-state index is -4.48. The maximum absolute atomic E-state index is 13.3. The van der Waals surface area contributed by atoms with Crippen molar-refractivity contribution < 1.29 is 22.1 Å². The maximum atomic E-state index is 13.3. The Morgan fingerprint density at radius 3 is 1.96 bits per heavy atom. The van der Waals surface area contributed by atoms with Crippen molar-refractivity contribution in [2.24, 2.45) is 0 Å². The highest BCUT2D eigenvalue weighted by molar-refractivity contribution is 7.85. The number of nitrogens with zero attached hydrogens (tertiary/aromatic N) is 1. The summed E-state index contributed by atoms with van der Waals surface area (Å²) in [5, 5.41) is 0. The summed E-state index contributed by atoms with van der Waals surface area (Å²) in [7, 11) is -0.0351. The summed E-state index contributed by atoms with van der Waals surface area (Å²) in [6.07, 6.45) is -4.48. The number of alkyl halides is 3. The predicted molar refractivity (Wildman–Crippen MR) is 102 cm³/mol. The van der Waals surface area contributed by atoms with Crippen LogP contribution in [0.4, 0.5) is 30.2 Å². The first kappa shape index (κ1) is 18.6. The van der Waals surface area contributed by atoms with Crippen LogP contribution in [0.15, 0.2) is 70.5 Å². The molecular formula is C21H16F3NO2S. The summed E-state index contributed by atoms with van der Waals surface area (Å²) >= 11 is 0. The molecule has 7 heteroatoms. The monoisotopic (exact) mass is 403 g/mol. The van der Waals surface area contributed by atoms with Crippen molar-refractivity contribution in [3.05, 3.63) is 71.8 Å². The molecule has 0 saturated heterocycles. The Balaban J connectivity index is 2.03. The molecule has 4 rings (SSSR count). The van der Waals surface area contributed by atoms with Gasteiger partial charge in [-0.15, -0.1) is 0 Å². The fourth-order valence-corrected chi connectivity index (χ4v) is 4.78. The van der Waals surface area contributed by atoms with E-state index in [0.717, 1.165) is 12.1 Å². The number of fused-ring (bicyclic) bond motifs is 2. The summed E-state index contributed by atoms with van der Waals surface area (Å²) in [6.45, 7) is 1.61. The predicted octanol–water partition coefficient (Wildman–Crippen LogP) is 5.97. The van der Waals surface area contributed by atoms with Crippen molar-refractivity contribution >= 4 is 27.9 Å². The molecular weight excluding hydrogens is 387 g/mol. The van der Waals surface area contributed by atoms with Gasteiger partial charge in [-0.3, -0.25) is 0 Å². The highest BCUT2D eigenvalue weighted by Gasteiger charge is 2.35. The van der Waals surface area contributed by atoms with Gasteiger partial charge in [0.25, 0.3) is 0 Å². The molecule has 0 bridgehead atoms. The topological polar surface area (TPSA) is 29.5 Å². The molecule has 0 amide bonds. The second-order valence-corrected chi connectivity index (χ2v) is 7.80. The number of hydrogen-bond donors (Lipinski definition) is 0. The molecule has 0 fully saturated rings. The van der Waals surface area contributed by atoms with Crippen LogP contribution in [0.2, 0.25) is 0 Å². The van der Waals surface area contributed by atoms with Gasteiger partial charge in [0.1, 0.15) is 5.75 Å². The first-order valence-electron chi connectivity index (χ1n) is 8.48. The Labute approximate surface area is 162 Å². The number of aryl methyl sites for hydroxylation is 1. The molecule has 0 atom stereocenters. The summed E-state index contributed by atoms with van der Waals surface area (Å²) < 4.78 is 58.2. The SMILES string of the molecule is COc1cc(C(F)(F)F)cc(C)c1N1c2ccccc2S(=O)c2ccccc21. The normalized spacial score (nSPS) is 13.8. The van der Waals surface area contributed by atoms with Crippen LogP contribution in [-0.2, 0) is 17.0 Å². The molecule has 0 aromatic heterocycles. The van der Waals surface area contributed by atoms with Crippen molar-refractivity contribution in [3.8, 4) is 5.75 Å². The van der Waals surface area contributed by atoms with E-state index in [1.807, 2.05) is 17.0 Å². The van der Waals surface area contributed by atoms with Crippen LogP contribution >= 0.6 is 0 Å². The molecule has 3 aromatic rings. The fourth-order valence-electron chi connectivity index (χ4n) is 3.44. The van der Waals surface area contributed by atoms with Crippen LogP contribution in [0.3, 0.4) is 0 Å². The third-order valence-corrected chi connectivity index (χ3v) is 6.14. The Morgan fingerprint density at radius 2 is 1.46 bits per heavy atom. The van der Waals surface area contributed by atoms with E-state index < -0.39 is 22.5 Å². The number of halogens is 3. The van der Waals surface area contributed by atoms with E-state index in [4.69, 9.17) is 4.74 Å². The second-order valence-electron chi connectivity index (χ2n) is 6.38. The van der Waals surface area contributed by atoms with E-state index in [-0.39, 0.29) is 5.75 Å². The molecule has 0 spiro atoms. The summed E-state index contributed by atoms with van der Waals surface area (Å²) in [5.41, 5.74) is 1.44. The lowest BCUT2D eigenvalue weighted by molar-refractivity contribution is -0.137. The van der Waals surface area contributed by atoms with Crippen molar-refractivity contribution in [2.75, 3.05) is 12.0 Å². The fraction of sp³-hybridized carbons (Fsp3) is 0.143. The molecule has 1 aliphatic heterocycles. The van der Waals surface area contributed by atoms with Crippen molar-refractivity contribution in [1.82, 2.24) is 0 Å². The van der Waals surface area contributed by atoms with Gasteiger partial charge in [-0.1, -0.05) is 24.3 Å². The molecule has 28 heavy (non-hydrogen) atoms. The number of ether oxygens (including phenoxy) is 1. The molecule has 3 aromatic carbocycles. The minimum Gasteiger partial charge on any atom is -0.495 e. The van der Waals surface area contributed by atoms with Crippen LogP contribution in [0.5, 0.6) is 5.75 Å². The highest BCUT2D eigenvalue weighted by Crippen LogP contribution is 2.50. The van der Waals surface area contributed by atoms with Crippen LogP contribution in [0.1, 0.15) is 11.1 Å². The molecule has 0 saturated carbocycles. The van der Waals surface area contributed by atoms with Gasteiger partial charge in [-0.2, -0.15) is 13.2 Å². The van der Waals surface area contributed by atoms with Crippen molar-refractivity contribution in [1.29, 1.82) is 0 Å². The maximum Gasteiger partial charge on any atom is 0.416 e. The third-order valence-electron chi connectivity index (χ3n) is 4.65. The van der Waals surface area contributed by atoms with Gasteiger partial charge in [0, 0.05) is 0 Å². The Morgan fingerprint density at radius 1 is 0.929 bits per heavy atom. The number of para-hydroxylation sites is 2. The molecule has 0 unspecified atom stereocenters. The Hall–Kier alpha value is -2.80. The Kier molecular flexibility index (Phi) is 4.42. The van der Waals surface area contributed by atoms with Gasteiger partial charge in [-0.05, 0) is 48.9 Å². The number of methoxy groups -OCH3 is 1. The zero-order chi connectivity index (χ0) is 20.1. The average Bonchev–Trinajstić information content (AvgIpc) is 2.68. The van der Waals surface area contributed by atoms with E-state index in [1.54, 1.807) is 43.3 Å². The Bertz CT molecular complexity index is 1050. The van der Waals surface area contributed by atoms with Crippen LogP contribution in [-0.4, -0.2) is 11.3 Å². The van der Waals surface area contributed by atoms with Crippen molar-refractivity contribution in [2.45, 2.75) is 22.9 Å². The van der Waals surface area contributed by atoms with E-state index >= 15 is 0 Å². The smallest absolute Gasteiger partial charge is 0.416 e. The van der Waals surface area contributed by atoms with Crippen molar-refractivity contribution in [3.63, 3.8) is 0 Å². The third kappa shape index (κ3) is 2.86. The lowest BCUT2D eigenvalue weighted by Gasteiger charge is -2.34. The van der Waals surface area contributed by atoms with E-state index in [9.17, 15) is 17.4 Å². The summed E-state index contributed by atoms with van der Waals surface area (Å²) in [4.78, 5) is 3.02. The molecule has 144 valence electrons. The highest BCUT2D eigenvalue weighted by atomic mass is 32.2. The van der Waals surface area contributed by atoms with Gasteiger partial charge in [0.2, 0.25) is 0 Å². The number of rotatable bonds is 2. The number of benzene rings is 3. The first-order chi connectivity index (χ1) is 13.3. The zero-order valence-corrected chi connectivity index (χ0v) is 15.9. The molecule has 3 nitrogen and oxygen atoms in total. The second kappa shape index (κ2) is 6.67. The summed E-state index contributed by atoms with van der Waals surface area (Å²) in [5.74, 6) is 0.101. The van der Waals surface area contributed by atoms with Gasteiger partial charge in [0.05, 0.1) is 50.3 Å². The van der Waals surface area contributed by atoms with E-state index in [0.29, 0.717) is 32.4 Å². The average molecular weight is 403 g/mol. The van der Waals surface area contributed by atoms with E-state index in [1.165, 1.54) is 7.11 Å². The first-order valence-corrected chi connectivity index (χ1v) is 9.63. The summed E-state index contributed by atoms with van der Waals surface area (Å²) in [6, 6.07) is 16.4. The number of hydrogen-bond acceptors (Lipinski definition) is 3. The quantitative estimate of drug-likeness (QED) is 0.413. The molecule has 1 heterocycles. The standard InChI is InChI=1S/C21H16F3NO2S/c1-13-11-14(21(22,23)24)12-17(27-2)20(13)25-15-7-3-5-9-18(15)28(26)19-10-6-4-8-16(19)25/h3-12H,1-2H3. The minimum absolute atomic E-state index is 0.101. The number of anilines is 3.